The molecule has 0 aliphatic heterocycles. The molecule has 0 bridgehead atoms. The molecule has 1 aromatic rings. The van der Waals surface area contributed by atoms with Crippen LogP contribution < -0.4 is 4.74 Å². The maximum atomic E-state index is 10.9. The minimum absolute atomic E-state index is 0.0238. The number of nitro groups is 1. The maximum Gasteiger partial charge on any atom is 0.307 e. The Bertz CT molecular complexity index is 642. The van der Waals surface area contributed by atoms with Gasteiger partial charge in [0.1, 0.15) is 12.4 Å². The van der Waals surface area contributed by atoms with Crippen LogP contribution in [0.15, 0.2) is 24.3 Å². The highest BCUT2D eigenvalue weighted by Crippen LogP contribution is 2.16. The van der Waals surface area contributed by atoms with Gasteiger partial charge < -0.3 is 37.9 Å². The Kier molecular flexibility index (Phi) is 18.5. The molecule has 0 aromatic heterocycles. The van der Waals surface area contributed by atoms with Gasteiger partial charge in [-0.15, -0.1) is 0 Å². The predicted molar refractivity (Wildman–Crippen MR) is 120 cm³/mol. The van der Waals surface area contributed by atoms with Crippen molar-refractivity contribution in [2.75, 3.05) is 93.0 Å². The molecule has 12 heteroatoms. The molecule has 0 N–H and O–H groups in total. The molecule has 0 fully saturated rings. The lowest BCUT2D eigenvalue weighted by atomic mass is 10.3. The third kappa shape index (κ3) is 17.2. The fourth-order valence-electron chi connectivity index (χ4n) is 2.34. The molecule has 0 saturated carbocycles. The summed E-state index contributed by atoms with van der Waals surface area (Å²) in [7, 11) is 1.34. The van der Waals surface area contributed by atoms with Crippen molar-refractivity contribution >= 4 is 11.7 Å². The van der Waals surface area contributed by atoms with Gasteiger partial charge in [-0.3, -0.25) is 14.9 Å². The minimum atomic E-state index is -0.457. The normalized spacial score (nSPS) is 10.9. The van der Waals surface area contributed by atoms with Crippen LogP contribution in [-0.2, 0) is 38.0 Å². The second-order valence-electron chi connectivity index (χ2n) is 6.60. The molecule has 0 atom stereocenters. The zero-order valence-electron chi connectivity index (χ0n) is 19.6. The van der Waals surface area contributed by atoms with Crippen molar-refractivity contribution in [3.63, 3.8) is 0 Å². The van der Waals surface area contributed by atoms with E-state index in [0.29, 0.717) is 91.6 Å². The molecular formula is C22H35NO11. The van der Waals surface area contributed by atoms with Gasteiger partial charge >= 0.3 is 5.97 Å². The van der Waals surface area contributed by atoms with Crippen molar-refractivity contribution in [1.82, 2.24) is 0 Å². The van der Waals surface area contributed by atoms with Gasteiger partial charge in [0.15, 0.2) is 0 Å². The zero-order chi connectivity index (χ0) is 24.7. The third-order valence-corrected chi connectivity index (χ3v) is 4.08. The molecule has 0 radical (unpaired) electrons. The van der Waals surface area contributed by atoms with E-state index < -0.39 is 4.92 Å². The van der Waals surface area contributed by atoms with Crippen LogP contribution in [-0.4, -0.2) is 104 Å². The van der Waals surface area contributed by atoms with Crippen LogP contribution in [0.25, 0.3) is 0 Å². The first-order valence-electron chi connectivity index (χ1n) is 11.0. The van der Waals surface area contributed by atoms with Gasteiger partial charge in [0.2, 0.25) is 0 Å². The number of methoxy groups -OCH3 is 1. The van der Waals surface area contributed by atoms with Crippen molar-refractivity contribution in [3.8, 4) is 5.75 Å². The summed E-state index contributed by atoms with van der Waals surface area (Å²) >= 11 is 0. The van der Waals surface area contributed by atoms with Crippen LogP contribution in [0, 0.1) is 10.1 Å². The number of hydrogen-bond donors (Lipinski definition) is 0. The number of esters is 1. The van der Waals surface area contributed by atoms with Gasteiger partial charge in [0, 0.05) is 12.1 Å². The van der Waals surface area contributed by atoms with Gasteiger partial charge in [0.05, 0.1) is 97.7 Å². The van der Waals surface area contributed by atoms with E-state index in [1.807, 2.05) is 0 Å². The molecule has 12 nitrogen and oxygen atoms in total. The van der Waals surface area contributed by atoms with Crippen LogP contribution >= 0.6 is 0 Å². The molecule has 0 spiro atoms. The van der Waals surface area contributed by atoms with Gasteiger partial charge in [0.25, 0.3) is 5.69 Å². The summed E-state index contributed by atoms with van der Waals surface area (Å²) in [5.41, 5.74) is 0.0238. The smallest absolute Gasteiger partial charge is 0.307 e. The summed E-state index contributed by atoms with van der Waals surface area (Å²) in [4.78, 5) is 21.0. The molecule has 0 aliphatic rings. The first-order chi connectivity index (χ1) is 16.6. The topological polar surface area (TPSA) is 134 Å². The molecule has 0 saturated heterocycles. The summed E-state index contributed by atoms with van der Waals surface area (Å²) in [5.74, 6) is 0.260. The highest BCUT2D eigenvalue weighted by atomic mass is 16.6. The second-order valence-corrected chi connectivity index (χ2v) is 6.60. The Labute approximate surface area is 199 Å². The van der Waals surface area contributed by atoms with E-state index in [1.54, 1.807) is 12.1 Å². The van der Waals surface area contributed by atoms with E-state index >= 15 is 0 Å². The standard InChI is InChI=1S/C22H35NO11/c1-27-22(24)6-7-28-8-9-29-10-11-30-12-13-31-14-15-32-16-17-33-18-19-34-21-4-2-20(3-5-21)23(25)26/h2-5H,6-19H2,1H3. The van der Waals surface area contributed by atoms with E-state index in [-0.39, 0.29) is 18.1 Å². The highest BCUT2D eigenvalue weighted by molar-refractivity contribution is 5.69. The molecule has 34 heavy (non-hydrogen) atoms. The zero-order valence-corrected chi connectivity index (χ0v) is 19.6. The Morgan fingerprint density at radius 3 is 1.44 bits per heavy atom. The first-order valence-corrected chi connectivity index (χ1v) is 11.0. The summed E-state index contributed by atoms with van der Waals surface area (Å²) in [6, 6.07) is 5.89. The molecule has 0 heterocycles. The molecule has 1 aromatic carbocycles. The van der Waals surface area contributed by atoms with E-state index in [9.17, 15) is 14.9 Å². The lowest BCUT2D eigenvalue weighted by Crippen LogP contribution is -2.15. The number of ether oxygens (including phenoxy) is 8. The lowest BCUT2D eigenvalue weighted by Gasteiger charge is -2.09. The Hall–Kier alpha value is -2.35. The molecule has 194 valence electrons. The summed E-state index contributed by atoms with van der Waals surface area (Å²) < 4.78 is 42.1. The summed E-state index contributed by atoms with van der Waals surface area (Å²) in [6.45, 7) is 5.58. The quantitative estimate of drug-likeness (QED) is 0.0961. The van der Waals surface area contributed by atoms with Gasteiger partial charge in [-0.25, -0.2) is 0 Å². The van der Waals surface area contributed by atoms with Gasteiger partial charge in [-0.2, -0.15) is 0 Å². The second kappa shape index (κ2) is 21.2. The lowest BCUT2D eigenvalue weighted by molar-refractivity contribution is -0.384. The van der Waals surface area contributed by atoms with Gasteiger partial charge in [-0.05, 0) is 12.1 Å². The fraction of sp³-hybridized carbons (Fsp3) is 0.682. The average molecular weight is 490 g/mol. The molecule has 0 amide bonds. The van der Waals surface area contributed by atoms with Crippen LogP contribution in [0.3, 0.4) is 0 Å². The molecule has 0 unspecified atom stereocenters. The average Bonchev–Trinajstić information content (AvgIpc) is 2.85. The monoisotopic (exact) mass is 489 g/mol. The van der Waals surface area contributed by atoms with Crippen LogP contribution in [0.1, 0.15) is 6.42 Å². The summed E-state index contributed by atoms with van der Waals surface area (Å²) in [6.07, 6.45) is 0.238. The van der Waals surface area contributed by atoms with Crippen LogP contribution in [0.4, 0.5) is 5.69 Å². The van der Waals surface area contributed by atoms with Crippen molar-refractivity contribution in [1.29, 1.82) is 0 Å². The number of carbonyl (C=O) groups excluding carboxylic acids is 1. The Balaban J connectivity index is 1.73. The number of rotatable bonds is 23. The molecule has 0 aliphatic carbocycles. The number of nitrogens with zero attached hydrogens (tertiary/aromatic N) is 1. The number of benzene rings is 1. The molecular weight excluding hydrogens is 454 g/mol. The van der Waals surface area contributed by atoms with Crippen LogP contribution in [0.5, 0.6) is 5.75 Å². The van der Waals surface area contributed by atoms with E-state index in [4.69, 9.17) is 33.2 Å². The van der Waals surface area contributed by atoms with E-state index in [2.05, 4.69) is 4.74 Å². The predicted octanol–water partition coefficient (Wildman–Crippen LogP) is 1.64. The Morgan fingerprint density at radius 1 is 0.676 bits per heavy atom. The van der Waals surface area contributed by atoms with E-state index in [1.165, 1.54) is 19.2 Å². The Morgan fingerprint density at radius 2 is 1.06 bits per heavy atom. The maximum absolute atomic E-state index is 10.9. The van der Waals surface area contributed by atoms with Crippen molar-refractivity contribution in [2.45, 2.75) is 6.42 Å². The van der Waals surface area contributed by atoms with Crippen molar-refractivity contribution in [2.24, 2.45) is 0 Å². The van der Waals surface area contributed by atoms with Gasteiger partial charge in [-0.1, -0.05) is 0 Å². The third-order valence-electron chi connectivity index (χ3n) is 4.08. The van der Waals surface area contributed by atoms with Crippen molar-refractivity contribution in [3.05, 3.63) is 34.4 Å². The first kappa shape index (κ1) is 29.7. The number of carbonyl (C=O) groups is 1. The number of hydrogen-bond acceptors (Lipinski definition) is 11. The molecule has 1 rings (SSSR count). The van der Waals surface area contributed by atoms with E-state index in [0.717, 1.165) is 0 Å². The minimum Gasteiger partial charge on any atom is -0.491 e. The van der Waals surface area contributed by atoms with Crippen molar-refractivity contribution < 1.29 is 47.6 Å². The fourth-order valence-corrected chi connectivity index (χ4v) is 2.34. The SMILES string of the molecule is COC(=O)CCOCCOCCOCCOCCOCCOCCOc1ccc([N+](=O)[O-])cc1. The van der Waals surface area contributed by atoms with Crippen LogP contribution in [0.2, 0.25) is 0 Å². The highest BCUT2D eigenvalue weighted by Gasteiger charge is 2.04. The summed E-state index contributed by atoms with van der Waals surface area (Å²) in [5, 5.41) is 10.6. The largest absolute Gasteiger partial charge is 0.491 e. The number of nitro benzene ring substituents is 1. The number of non-ortho nitro benzene ring substituents is 1.